The summed E-state index contributed by atoms with van der Waals surface area (Å²) in [6.07, 6.45) is 6.78. The van der Waals surface area contributed by atoms with Crippen LogP contribution in [0.2, 0.25) is 0 Å². The van der Waals surface area contributed by atoms with Crippen LogP contribution in [0.15, 0.2) is 42.6 Å². The van der Waals surface area contributed by atoms with Crippen LogP contribution in [0.25, 0.3) is 0 Å². The van der Waals surface area contributed by atoms with Crippen molar-refractivity contribution in [3.05, 3.63) is 59.4 Å². The minimum atomic E-state index is -0.545. The van der Waals surface area contributed by atoms with Crippen LogP contribution in [-0.4, -0.2) is 47.0 Å². The van der Waals surface area contributed by atoms with Crippen LogP contribution >= 0.6 is 0 Å². The van der Waals surface area contributed by atoms with E-state index in [-0.39, 0.29) is 13.2 Å². The zero-order chi connectivity index (χ0) is 19.6. The third-order valence-corrected chi connectivity index (χ3v) is 4.50. The molecule has 146 valence electrons. The van der Waals surface area contributed by atoms with Crippen LogP contribution in [0.4, 0.5) is 0 Å². The molecule has 1 N–H and O–H groups in total. The van der Waals surface area contributed by atoms with E-state index in [1.54, 1.807) is 0 Å². The van der Waals surface area contributed by atoms with Crippen LogP contribution in [0, 0.1) is 25.2 Å². The van der Waals surface area contributed by atoms with E-state index in [4.69, 9.17) is 11.2 Å². The first-order valence-corrected chi connectivity index (χ1v) is 9.59. The minimum absolute atomic E-state index is 0.237. The molecule has 0 saturated carbocycles. The Kier molecular flexibility index (Phi) is 8.60. The lowest BCUT2D eigenvalue weighted by atomic mass is 10.1. The summed E-state index contributed by atoms with van der Waals surface area (Å²) >= 11 is 0. The summed E-state index contributed by atoms with van der Waals surface area (Å²) in [5.41, 5.74) is 3.88. The van der Waals surface area contributed by atoms with E-state index in [0.29, 0.717) is 12.5 Å². The van der Waals surface area contributed by atoms with Crippen molar-refractivity contribution < 1.29 is 9.84 Å². The van der Waals surface area contributed by atoms with Gasteiger partial charge in [-0.3, -0.25) is 4.90 Å². The molecular formula is C23H32N2O2. The van der Waals surface area contributed by atoms with Crippen molar-refractivity contribution in [2.24, 2.45) is 5.92 Å². The monoisotopic (exact) mass is 368 g/mol. The fraction of sp³-hybridized carbons (Fsp3) is 0.478. The largest absolute Gasteiger partial charge is 0.389 e. The molecule has 1 heterocycles. The van der Waals surface area contributed by atoms with Crippen molar-refractivity contribution in [1.82, 2.24) is 9.47 Å². The van der Waals surface area contributed by atoms with Crippen LogP contribution < -0.4 is 0 Å². The first kappa shape index (κ1) is 21.2. The molecular weight excluding hydrogens is 336 g/mol. The molecule has 0 radical (unpaired) electrons. The summed E-state index contributed by atoms with van der Waals surface area (Å²) in [6.45, 7) is 10.2. The number of nitrogens with zero attached hydrogens (tertiary/aromatic N) is 2. The van der Waals surface area contributed by atoms with E-state index in [2.05, 4.69) is 78.8 Å². The predicted octanol–water partition coefficient (Wildman–Crippen LogP) is 3.31. The van der Waals surface area contributed by atoms with E-state index in [1.807, 2.05) is 0 Å². The van der Waals surface area contributed by atoms with Gasteiger partial charge in [-0.1, -0.05) is 44.0 Å². The Hall–Kier alpha value is -2.06. The topological polar surface area (TPSA) is 37.6 Å². The lowest BCUT2D eigenvalue weighted by Gasteiger charge is -2.27. The molecule has 0 fully saturated rings. The molecule has 2 aromatic rings. The molecule has 4 nitrogen and oxygen atoms in total. The van der Waals surface area contributed by atoms with E-state index < -0.39 is 6.10 Å². The van der Waals surface area contributed by atoms with Crippen molar-refractivity contribution in [1.29, 1.82) is 0 Å². The molecule has 0 spiro atoms. The summed E-state index contributed by atoms with van der Waals surface area (Å²) in [7, 11) is 0. The fourth-order valence-electron chi connectivity index (χ4n) is 3.27. The molecule has 0 aliphatic carbocycles. The van der Waals surface area contributed by atoms with Gasteiger partial charge >= 0.3 is 0 Å². The van der Waals surface area contributed by atoms with Crippen molar-refractivity contribution in [2.45, 2.75) is 40.0 Å². The number of aliphatic hydroxyl groups is 1. The zero-order valence-corrected chi connectivity index (χ0v) is 16.8. The lowest BCUT2D eigenvalue weighted by molar-refractivity contribution is 0.0233. The third-order valence-electron chi connectivity index (χ3n) is 4.50. The quantitative estimate of drug-likeness (QED) is 0.488. The van der Waals surface area contributed by atoms with Gasteiger partial charge in [0.15, 0.2) is 0 Å². The summed E-state index contributed by atoms with van der Waals surface area (Å²) < 4.78 is 7.57. The summed E-state index contributed by atoms with van der Waals surface area (Å²) in [4.78, 5) is 2.29. The molecule has 0 saturated heterocycles. The van der Waals surface area contributed by atoms with Gasteiger partial charge < -0.3 is 14.4 Å². The number of benzene rings is 1. The van der Waals surface area contributed by atoms with Crippen molar-refractivity contribution in [3.8, 4) is 12.3 Å². The van der Waals surface area contributed by atoms with Crippen molar-refractivity contribution >= 4 is 0 Å². The van der Waals surface area contributed by atoms with Gasteiger partial charge in [0, 0.05) is 38.1 Å². The van der Waals surface area contributed by atoms with Crippen LogP contribution in [0.3, 0.4) is 0 Å². The number of ether oxygens (including phenoxy) is 1. The van der Waals surface area contributed by atoms with Gasteiger partial charge in [0.2, 0.25) is 0 Å². The second-order valence-corrected chi connectivity index (χ2v) is 7.51. The first-order chi connectivity index (χ1) is 13.0. The highest BCUT2D eigenvalue weighted by Gasteiger charge is 2.16. The molecule has 0 aliphatic heterocycles. The maximum atomic E-state index is 10.3. The molecule has 2 rings (SSSR count). The average Bonchev–Trinajstić information content (AvgIpc) is 3.03. The van der Waals surface area contributed by atoms with Gasteiger partial charge in [-0.15, -0.1) is 6.42 Å². The van der Waals surface area contributed by atoms with Gasteiger partial charge in [-0.2, -0.15) is 0 Å². The minimum Gasteiger partial charge on any atom is -0.389 e. The van der Waals surface area contributed by atoms with Crippen LogP contribution in [0.1, 0.15) is 30.7 Å². The van der Waals surface area contributed by atoms with Gasteiger partial charge in [0.1, 0.15) is 6.61 Å². The maximum Gasteiger partial charge on any atom is 0.107 e. The number of aromatic nitrogens is 1. The summed E-state index contributed by atoms with van der Waals surface area (Å²) in [5, 5.41) is 10.3. The Balaban J connectivity index is 2.03. The Morgan fingerprint density at radius 3 is 2.67 bits per heavy atom. The molecule has 1 atom stereocenters. The Bertz CT molecular complexity index is 730. The summed E-state index contributed by atoms with van der Waals surface area (Å²) in [5.74, 6) is 2.95. The van der Waals surface area contributed by atoms with E-state index >= 15 is 0 Å². The molecule has 0 amide bonds. The zero-order valence-electron chi connectivity index (χ0n) is 16.8. The van der Waals surface area contributed by atoms with Crippen LogP contribution in [0.5, 0.6) is 0 Å². The molecule has 1 aromatic heterocycles. The predicted molar refractivity (Wildman–Crippen MR) is 110 cm³/mol. The Morgan fingerprint density at radius 1 is 1.19 bits per heavy atom. The second kappa shape index (κ2) is 10.9. The number of hydrogen-bond donors (Lipinski definition) is 1. The van der Waals surface area contributed by atoms with Gasteiger partial charge in [-0.25, -0.2) is 0 Å². The highest BCUT2D eigenvalue weighted by Crippen LogP contribution is 2.14. The standard InChI is InChI=1S/C23H32N2O2/c1-5-13-27-18-23(26)17-24(14-19(2)3)16-22-11-8-12-25(22)15-21-10-7-6-9-20(21)4/h1,6-12,19,23,26H,13-18H2,2-4H3/t23-/m0/s1. The number of hydrogen-bond acceptors (Lipinski definition) is 3. The van der Waals surface area contributed by atoms with E-state index in [9.17, 15) is 5.11 Å². The number of rotatable bonds is 11. The normalized spacial score (nSPS) is 12.5. The second-order valence-electron chi connectivity index (χ2n) is 7.51. The molecule has 0 bridgehead atoms. The molecule has 27 heavy (non-hydrogen) atoms. The van der Waals surface area contributed by atoms with E-state index in [1.165, 1.54) is 16.8 Å². The average molecular weight is 369 g/mol. The number of terminal acetylenes is 1. The lowest BCUT2D eigenvalue weighted by Crippen LogP contribution is -2.37. The maximum absolute atomic E-state index is 10.3. The van der Waals surface area contributed by atoms with Crippen LogP contribution in [-0.2, 0) is 17.8 Å². The summed E-state index contributed by atoms with van der Waals surface area (Å²) in [6, 6.07) is 12.7. The van der Waals surface area contributed by atoms with Gasteiger partial charge in [-0.05, 0) is 36.1 Å². The van der Waals surface area contributed by atoms with Crippen molar-refractivity contribution in [3.63, 3.8) is 0 Å². The SMILES string of the molecule is C#CCOC[C@@H](O)CN(Cc1cccn1Cc1ccccc1C)CC(C)C. The molecule has 4 heteroatoms. The van der Waals surface area contributed by atoms with Gasteiger partial charge in [0.05, 0.1) is 12.7 Å². The molecule has 0 unspecified atom stereocenters. The van der Waals surface area contributed by atoms with Crippen molar-refractivity contribution in [2.75, 3.05) is 26.3 Å². The molecule has 1 aromatic carbocycles. The highest BCUT2D eigenvalue weighted by molar-refractivity contribution is 5.26. The Morgan fingerprint density at radius 2 is 1.96 bits per heavy atom. The fourth-order valence-corrected chi connectivity index (χ4v) is 3.27. The van der Waals surface area contributed by atoms with Gasteiger partial charge in [0.25, 0.3) is 0 Å². The third kappa shape index (κ3) is 7.22. The Labute approximate surface area is 163 Å². The van der Waals surface area contributed by atoms with E-state index in [0.717, 1.165) is 19.6 Å². The highest BCUT2D eigenvalue weighted by atomic mass is 16.5. The number of aryl methyl sites for hydroxylation is 1. The first-order valence-electron chi connectivity index (χ1n) is 9.59. The smallest absolute Gasteiger partial charge is 0.107 e. The molecule has 0 aliphatic rings. The number of aliphatic hydroxyl groups excluding tert-OH is 1.